The van der Waals surface area contributed by atoms with Gasteiger partial charge in [-0.3, -0.25) is 11.3 Å². The van der Waals surface area contributed by atoms with Crippen molar-refractivity contribution in [2.45, 2.75) is 25.7 Å². The predicted octanol–water partition coefficient (Wildman–Crippen LogP) is 3.10. The average Bonchev–Trinajstić information content (AvgIpc) is 2.81. The lowest BCUT2D eigenvalue weighted by Gasteiger charge is -2.16. The van der Waals surface area contributed by atoms with Gasteiger partial charge >= 0.3 is 6.36 Å². The lowest BCUT2D eigenvalue weighted by molar-refractivity contribution is -0.274. The van der Waals surface area contributed by atoms with Crippen LogP contribution in [0, 0.1) is 6.92 Å². The highest BCUT2D eigenvalue weighted by atomic mass is 32.1. The molecule has 0 aliphatic rings. The number of nitrogens with two attached hydrogens (primary N) is 1. The van der Waals surface area contributed by atoms with Crippen LogP contribution in [0.15, 0.2) is 29.6 Å². The minimum absolute atomic E-state index is 0.230. The van der Waals surface area contributed by atoms with Crippen LogP contribution >= 0.6 is 11.3 Å². The molecule has 1 atom stereocenters. The van der Waals surface area contributed by atoms with E-state index in [-0.39, 0.29) is 11.8 Å². The number of aromatic nitrogens is 1. The van der Waals surface area contributed by atoms with Crippen molar-refractivity contribution in [3.8, 4) is 5.75 Å². The van der Waals surface area contributed by atoms with Crippen LogP contribution in [0.4, 0.5) is 13.2 Å². The number of nitrogens with one attached hydrogen (secondary N) is 1. The summed E-state index contributed by atoms with van der Waals surface area (Å²) >= 11 is 1.54. The summed E-state index contributed by atoms with van der Waals surface area (Å²) in [7, 11) is 0. The second-order valence-electron chi connectivity index (χ2n) is 4.40. The summed E-state index contributed by atoms with van der Waals surface area (Å²) in [4.78, 5) is 4.34. The summed E-state index contributed by atoms with van der Waals surface area (Å²) in [6.07, 6.45) is -4.13. The molecule has 0 spiro atoms. The van der Waals surface area contributed by atoms with Crippen LogP contribution in [0.5, 0.6) is 5.75 Å². The van der Waals surface area contributed by atoms with Crippen molar-refractivity contribution >= 4 is 11.3 Å². The first kappa shape index (κ1) is 15.7. The van der Waals surface area contributed by atoms with E-state index >= 15 is 0 Å². The zero-order valence-corrected chi connectivity index (χ0v) is 12.0. The van der Waals surface area contributed by atoms with E-state index in [1.165, 1.54) is 23.5 Å². The molecule has 0 aliphatic heterocycles. The molecule has 1 aromatic heterocycles. The molecule has 1 aromatic carbocycles. The Hall–Kier alpha value is -1.64. The molecule has 0 radical (unpaired) electrons. The van der Waals surface area contributed by atoms with Crippen LogP contribution in [0.1, 0.15) is 22.3 Å². The first-order chi connectivity index (χ1) is 9.87. The largest absolute Gasteiger partial charge is 0.573 e. The number of hydrogen-bond donors (Lipinski definition) is 2. The molecule has 0 bridgehead atoms. The summed E-state index contributed by atoms with van der Waals surface area (Å²) in [6, 6.07) is 5.39. The maximum Gasteiger partial charge on any atom is 0.573 e. The number of hydrogen-bond acceptors (Lipinski definition) is 5. The Morgan fingerprint density at radius 3 is 2.48 bits per heavy atom. The van der Waals surface area contributed by atoms with Crippen LogP contribution in [0.3, 0.4) is 0 Å². The van der Waals surface area contributed by atoms with Gasteiger partial charge in [0, 0.05) is 11.8 Å². The Labute approximate surface area is 123 Å². The number of hydrazine groups is 1. The standard InChI is InChI=1S/C13H14F3N3OS/c1-8-18-10(7-21-8)6-12(19-17)9-2-4-11(5-3-9)20-13(14,15)16/h2-5,7,12,19H,6,17H2,1H3. The second kappa shape index (κ2) is 6.42. The lowest BCUT2D eigenvalue weighted by atomic mass is 10.0. The smallest absolute Gasteiger partial charge is 0.406 e. The molecule has 0 saturated heterocycles. The summed E-state index contributed by atoms with van der Waals surface area (Å²) in [6.45, 7) is 1.91. The zero-order chi connectivity index (χ0) is 15.5. The SMILES string of the molecule is Cc1nc(CC(NN)c2ccc(OC(F)(F)F)cc2)cs1. The Bertz CT molecular complexity index is 583. The van der Waals surface area contributed by atoms with Crippen LogP contribution in [-0.2, 0) is 6.42 Å². The van der Waals surface area contributed by atoms with Gasteiger partial charge in [0.2, 0.25) is 0 Å². The lowest BCUT2D eigenvalue weighted by Crippen LogP contribution is -2.29. The van der Waals surface area contributed by atoms with Gasteiger partial charge in [-0.25, -0.2) is 4.98 Å². The van der Waals surface area contributed by atoms with Crippen molar-refractivity contribution < 1.29 is 17.9 Å². The summed E-state index contributed by atoms with van der Waals surface area (Å²) in [5, 5.41) is 2.88. The van der Waals surface area contributed by atoms with E-state index in [2.05, 4.69) is 15.1 Å². The molecule has 114 valence electrons. The predicted molar refractivity (Wildman–Crippen MR) is 73.7 cm³/mol. The van der Waals surface area contributed by atoms with Crippen molar-refractivity contribution in [3.05, 3.63) is 45.9 Å². The van der Waals surface area contributed by atoms with E-state index in [4.69, 9.17) is 5.84 Å². The first-order valence-corrected chi connectivity index (χ1v) is 6.98. The minimum Gasteiger partial charge on any atom is -0.406 e. The second-order valence-corrected chi connectivity index (χ2v) is 5.46. The van der Waals surface area contributed by atoms with Gasteiger partial charge < -0.3 is 4.74 Å². The highest BCUT2D eigenvalue weighted by Gasteiger charge is 2.31. The van der Waals surface area contributed by atoms with Crippen LogP contribution < -0.4 is 16.0 Å². The van der Waals surface area contributed by atoms with E-state index < -0.39 is 6.36 Å². The fraction of sp³-hybridized carbons (Fsp3) is 0.308. The number of rotatable bonds is 5. The van der Waals surface area contributed by atoms with Crippen molar-refractivity contribution in [1.82, 2.24) is 10.4 Å². The molecule has 3 N–H and O–H groups in total. The summed E-state index contributed by atoms with van der Waals surface area (Å²) in [5.41, 5.74) is 4.29. The van der Waals surface area contributed by atoms with Gasteiger partial charge in [0.25, 0.3) is 0 Å². The Kier molecular flexibility index (Phi) is 4.81. The number of thiazole rings is 1. The Morgan fingerprint density at radius 2 is 2.00 bits per heavy atom. The third-order valence-electron chi connectivity index (χ3n) is 2.80. The molecule has 8 heteroatoms. The molecule has 2 aromatic rings. The third kappa shape index (κ3) is 4.69. The quantitative estimate of drug-likeness (QED) is 0.657. The Balaban J connectivity index is 2.08. The maximum atomic E-state index is 12.1. The van der Waals surface area contributed by atoms with Gasteiger partial charge in [-0.1, -0.05) is 12.1 Å². The average molecular weight is 317 g/mol. The van der Waals surface area contributed by atoms with Gasteiger partial charge in [0.15, 0.2) is 0 Å². The number of ether oxygens (including phenoxy) is 1. The van der Waals surface area contributed by atoms with Gasteiger partial charge in [0.1, 0.15) is 5.75 Å². The molecule has 4 nitrogen and oxygen atoms in total. The van der Waals surface area contributed by atoms with Crippen molar-refractivity contribution in [2.24, 2.45) is 5.84 Å². The van der Waals surface area contributed by atoms with E-state index in [9.17, 15) is 13.2 Å². The molecule has 0 fully saturated rings. The van der Waals surface area contributed by atoms with Crippen LogP contribution in [0.2, 0.25) is 0 Å². The zero-order valence-electron chi connectivity index (χ0n) is 11.1. The van der Waals surface area contributed by atoms with Crippen molar-refractivity contribution in [2.75, 3.05) is 0 Å². The summed E-state index contributed by atoms with van der Waals surface area (Å²) in [5.74, 6) is 5.26. The van der Waals surface area contributed by atoms with Crippen LogP contribution in [-0.4, -0.2) is 11.3 Å². The normalized spacial score (nSPS) is 13.2. The van der Waals surface area contributed by atoms with Gasteiger partial charge in [0.05, 0.1) is 16.7 Å². The maximum absolute atomic E-state index is 12.1. The first-order valence-electron chi connectivity index (χ1n) is 6.10. The van der Waals surface area contributed by atoms with Crippen LogP contribution in [0.25, 0.3) is 0 Å². The van der Waals surface area contributed by atoms with E-state index in [1.807, 2.05) is 12.3 Å². The molecule has 2 rings (SSSR count). The van der Waals surface area contributed by atoms with Gasteiger partial charge in [-0.2, -0.15) is 0 Å². The monoisotopic (exact) mass is 317 g/mol. The van der Waals surface area contributed by atoms with Gasteiger partial charge in [-0.15, -0.1) is 24.5 Å². The number of aryl methyl sites for hydroxylation is 1. The molecule has 0 saturated carbocycles. The number of alkyl halides is 3. The molecule has 0 amide bonds. The molecule has 21 heavy (non-hydrogen) atoms. The number of halogens is 3. The molecule has 1 heterocycles. The Morgan fingerprint density at radius 1 is 1.33 bits per heavy atom. The van der Waals surface area contributed by atoms with Gasteiger partial charge in [-0.05, 0) is 24.6 Å². The number of benzene rings is 1. The fourth-order valence-corrected chi connectivity index (χ4v) is 2.51. The minimum atomic E-state index is -4.69. The molecule has 0 aliphatic carbocycles. The van der Waals surface area contributed by atoms with E-state index in [0.717, 1.165) is 16.3 Å². The van der Waals surface area contributed by atoms with Crippen molar-refractivity contribution in [3.63, 3.8) is 0 Å². The topological polar surface area (TPSA) is 60.2 Å². The highest BCUT2D eigenvalue weighted by Crippen LogP contribution is 2.25. The highest BCUT2D eigenvalue weighted by molar-refractivity contribution is 7.09. The number of nitrogens with zero attached hydrogens (tertiary/aromatic N) is 1. The molecule has 1 unspecified atom stereocenters. The van der Waals surface area contributed by atoms with E-state index in [1.54, 1.807) is 12.1 Å². The molecular formula is C13H14F3N3OS. The fourth-order valence-electron chi connectivity index (χ4n) is 1.89. The third-order valence-corrected chi connectivity index (χ3v) is 3.62. The van der Waals surface area contributed by atoms with Crippen molar-refractivity contribution in [1.29, 1.82) is 0 Å². The molecular weight excluding hydrogens is 303 g/mol. The van der Waals surface area contributed by atoms with E-state index in [0.29, 0.717) is 6.42 Å². The summed E-state index contributed by atoms with van der Waals surface area (Å²) < 4.78 is 40.1.